The summed E-state index contributed by atoms with van der Waals surface area (Å²) in [4.78, 5) is 2.58. The summed E-state index contributed by atoms with van der Waals surface area (Å²) in [7, 11) is 0. The van der Waals surface area contributed by atoms with E-state index in [4.69, 9.17) is 5.11 Å². The summed E-state index contributed by atoms with van der Waals surface area (Å²) >= 11 is 0. The fourth-order valence-corrected chi connectivity index (χ4v) is 1.65. The van der Waals surface area contributed by atoms with Gasteiger partial charge in [0.15, 0.2) is 0 Å². The number of hydrogen-bond donors (Lipinski definition) is 1. The number of hydrogen-bond acceptors (Lipinski definition) is 2. The zero-order valence-electron chi connectivity index (χ0n) is 8.71. The molecule has 1 unspecified atom stereocenters. The number of rotatable bonds is 0. The van der Waals surface area contributed by atoms with Crippen LogP contribution in [0, 0.1) is 0 Å². The molecule has 2 rings (SSSR count). The van der Waals surface area contributed by atoms with Crippen molar-refractivity contribution in [2.45, 2.75) is 46.1 Å². The van der Waals surface area contributed by atoms with Crippen LogP contribution in [0.5, 0.6) is 0 Å². The van der Waals surface area contributed by atoms with Gasteiger partial charge in [0, 0.05) is 12.6 Å². The molecule has 0 aromatic rings. The third kappa shape index (κ3) is 3.55. The Morgan fingerprint density at radius 3 is 2.00 bits per heavy atom. The third-order valence-corrected chi connectivity index (χ3v) is 2.25. The highest BCUT2D eigenvalue weighted by Gasteiger charge is 2.31. The number of nitrogens with zero attached hydrogens (tertiary/aromatic N) is 1. The van der Waals surface area contributed by atoms with Crippen LogP contribution in [0.4, 0.5) is 0 Å². The Kier molecular flexibility index (Phi) is 7.51. The van der Waals surface area contributed by atoms with E-state index >= 15 is 0 Å². The van der Waals surface area contributed by atoms with E-state index in [0.717, 1.165) is 6.04 Å². The standard InChI is InChI=1S/C6H11N.C2H6O.C2H6/c1-2-6-3-5-7(6)4-1;1-2-3;1-2/h6H,1-5H2;3H,2H2,1H3;1-2H3. The predicted molar refractivity (Wildman–Crippen MR) is 53.3 cm³/mol. The average Bonchev–Trinajstić information content (AvgIpc) is 2.36. The molecule has 0 bridgehead atoms. The van der Waals surface area contributed by atoms with Gasteiger partial charge in [-0.15, -0.1) is 0 Å². The highest BCUT2D eigenvalue weighted by Crippen LogP contribution is 2.27. The largest absolute Gasteiger partial charge is 0.397 e. The van der Waals surface area contributed by atoms with Crippen molar-refractivity contribution in [1.82, 2.24) is 4.90 Å². The molecule has 2 aliphatic heterocycles. The van der Waals surface area contributed by atoms with Gasteiger partial charge < -0.3 is 10.0 Å². The summed E-state index contributed by atoms with van der Waals surface area (Å²) in [5, 5.41) is 7.57. The van der Waals surface area contributed by atoms with Crippen molar-refractivity contribution in [3.8, 4) is 0 Å². The maximum atomic E-state index is 7.57. The first-order valence-corrected chi connectivity index (χ1v) is 5.23. The Labute approximate surface area is 76.6 Å². The minimum absolute atomic E-state index is 0.250. The highest BCUT2D eigenvalue weighted by molar-refractivity contribution is 4.87. The Morgan fingerprint density at radius 1 is 1.25 bits per heavy atom. The van der Waals surface area contributed by atoms with Crippen molar-refractivity contribution in [2.24, 2.45) is 0 Å². The molecular formula is C10H23NO. The van der Waals surface area contributed by atoms with Gasteiger partial charge in [-0.25, -0.2) is 0 Å². The van der Waals surface area contributed by atoms with Crippen molar-refractivity contribution in [2.75, 3.05) is 19.7 Å². The minimum atomic E-state index is 0.250. The lowest BCUT2D eigenvalue weighted by Gasteiger charge is -2.34. The van der Waals surface area contributed by atoms with E-state index in [1.54, 1.807) is 6.92 Å². The van der Waals surface area contributed by atoms with Gasteiger partial charge in [0.05, 0.1) is 0 Å². The molecule has 1 atom stereocenters. The zero-order valence-corrected chi connectivity index (χ0v) is 8.71. The Morgan fingerprint density at radius 2 is 1.83 bits per heavy atom. The molecule has 2 nitrogen and oxygen atoms in total. The number of aliphatic hydroxyl groups excluding tert-OH is 1. The monoisotopic (exact) mass is 173 g/mol. The summed E-state index contributed by atoms with van der Waals surface area (Å²) in [6.07, 6.45) is 4.44. The van der Waals surface area contributed by atoms with E-state index in [9.17, 15) is 0 Å². The van der Waals surface area contributed by atoms with E-state index in [1.165, 1.54) is 32.4 Å². The van der Waals surface area contributed by atoms with Crippen LogP contribution in [0.1, 0.15) is 40.0 Å². The van der Waals surface area contributed by atoms with Gasteiger partial charge in [0.1, 0.15) is 0 Å². The fourth-order valence-electron chi connectivity index (χ4n) is 1.65. The van der Waals surface area contributed by atoms with Gasteiger partial charge in [0.25, 0.3) is 0 Å². The quantitative estimate of drug-likeness (QED) is 0.604. The van der Waals surface area contributed by atoms with Crippen LogP contribution in [-0.4, -0.2) is 35.7 Å². The second-order valence-electron chi connectivity index (χ2n) is 2.94. The van der Waals surface area contributed by atoms with Gasteiger partial charge in [-0.3, -0.25) is 0 Å². The normalized spacial score (nSPS) is 25.5. The van der Waals surface area contributed by atoms with E-state index in [1.807, 2.05) is 13.8 Å². The molecule has 0 aromatic carbocycles. The zero-order chi connectivity index (χ0) is 9.40. The highest BCUT2D eigenvalue weighted by atomic mass is 16.2. The molecule has 2 aliphatic rings. The van der Waals surface area contributed by atoms with Crippen LogP contribution in [0.25, 0.3) is 0 Å². The average molecular weight is 173 g/mol. The van der Waals surface area contributed by atoms with E-state index in [0.29, 0.717) is 0 Å². The van der Waals surface area contributed by atoms with Crippen LogP contribution in [-0.2, 0) is 0 Å². The first kappa shape index (κ1) is 11.9. The molecule has 0 spiro atoms. The topological polar surface area (TPSA) is 23.5 Å². The molecule has 2 saturated heterocycles. The Bertz CT molecular complexity index is 85.8. The van der Waals surface area contributed by atoms with Crippen LogP contribution < -0.4 is 0 Å². The molecule has 1 N–H and O–H groups in total. The fraction of sp³-hybridized carbons (Fsp3) is 1.00. The van der Waals surface area contributed by atoms with Crippen LogP contribution in [0.3, 0.4) is 0 Å². The summed E-state index contributed by atoms with van der Waals surface area (Å²) in [6, 6.07) is 1.03. The van der Waals surface area contributed by atoms with Crippen molar-refractivity contribution >= 4 is 0 Å². The van der Waals surface area contributed by atoms with Crippen molar-refractivity contribution < 1.29 is 5.11 Å². The van der Waals surface area contributed by atoms with Crippen molar-refractivity contribution in [1.29, 1.82) is 0 Å². The maximum Gasteiger partial charge on any atom is 0.0402 e. The molecule has 0 amide bonds. The lowest BCUT2D eigenvalue weighted by atomic mass is 10.1. The summed E-state index contributed by atoms with van der Waals surface area (Å²) in [5.74, 6) is 0. The van der Waals surface area contributed by atoms with Crippen LogP contribution >= 0.6 is 0 Å². The molecule has 2 heterocycles. The molecule has 0 saturated carbocycles. The summed E-state index contributed by atoms with van der Waals surface area (Å²) in [5.41, 5.74) is 0. The molecular weight excluding hydrogens is 150 g/mol. The van der Waals surface area contributed by atoms with Gasteiger partial charge in [-0.05, 0) is 39.3 Å². The molecule has 12 heavy (non-hydrogen) atoms. The molecule has 2 fully saturated rings. The molecule has 2 heteroatoms. The van der Waals surface area contributed by atoms with E-state index in [-0.39, 0.29) is 6.61 Å². The number of aliphatic hydroxyl groups is 1. The molecule has 0 aliphatic carbocycles. The van der Waals surface area contributed by atoms with Crippen molar-refractivity contribution in [3.63, 3.8) is 0 Å². The maximum absolute atomic E-state index is 7.57. The van der Waals surface area contributed by atoms with Crippen LogP contribution in [0.15, 0.2) is 0 Å². The van der Waals surface area contributed by atoms with E-state index < -0.39 is 0 Å². The molecule has 0 radical (unpaired) electrons. The van der Waals surface area contributed by atoms with Gasteiger partial charge >= 0.3 is 0 Å². The smallest absolute Gasteiger partial charge is 0.0402 e. The summed E-state index contributed by atoms with van der Waals surface area (Å²) in [6.45, 7) is 8.72. The second kappa shape index (κ2) is 7.56. The SMILES string of the molecule is C1CC2CCN2C1.CC.CCO. The predicted octanol–water partition coefficient (Wildman–Crippen LogP) is 1.88. The van der Waals surface area contributed by atoms with Gasteiger partial charge in [0.2, 0.25) is 0 Å². The lowest BCUT2D eigenvalue weighted by Crippen LogP contribution is -2.42. The summed E-state index contributed by atoms with van der Waals surface area (Å²) < 4.78 is 0. The Balaban J connectivity index is 0.000000211. The van der Waals surface area contributed by atoms with E-state index in [2.05, 4.69) is 4.90 Å². The Hall–Kier alpha value is -0.0800. The minimum Gasteiger partial charge on any atom is -0.397 e. The van der Waals surface area contributed by atoms with Gasteiger partial charge in [-0.2, -0.15) is 0 Å². The number of fused-ring (bicyclic) bond motifs is 1. The molecule has 74 valence electrons. The molecule has 0 aromatic heterocycles. The first-order chi connectivity index (χ1) is 5.88. The third-order valence-electron chi connectivity index (χ3n) is 2.25. The first-order valence-electron chi connectivity index (χ1n) is 5.23. The van der Waals surface area contributed by atoms with Crippen molar-refractivity contribution in [3.05, 3.63) is 0 Å². The second-order valence-corrected chi connectivity index (χ2v) is 2.94. The van der Waals surface area contributed by atoms with Crippen LogP contribution in [0.2, 0.25) is 0 Å². The lowest BCUT2D eigenvalue weighted by molar-refractivity contribution is 0.141. The van der Waals surface area contributed by atoms with Gasteiger partial charge in [-0.1, -0.05) is 13.8 Å².